The van der Waals surface area contributed by atoms with E-state index in [0.29, 0.717) is 30.9 Å². The lowest BCUT2D eigenvalue weighted by atomic mass is 10.1. The monoisotopic (exact) mass is 512 g/mol. The summed E-state index contributed by atoms with van der Waals surface area (Å²) in [4.78, 5) is 12.6. The summed E-state index contributed by atoms with van der Waals surface area (Å²) in [6.45, 7) is 3.97. The van der Waals surface area contributed by atoms with Crippen molar-refractivity contribution in [2.24, 2.45) is 0 Å². The van der Waals surface area contributed by atoms with Gasteiger partial charge in [0.05, 0.1) is 24.8 Å². The van der Waals surface area contributed by atoms with E-state index in [0.717, 1.165) is 29.7 Å². The van der Waals surface area contributed by atoms with Crippen LogP contribution in [-0.4, -0.2) is 23.6 Å². The van der Waals surface area contributed by atoms with Gasteiger partial charge in [-0.25, -0.2) is 13.5 Å². The molecule has 1 atom stereocenters. The zero-order chi connectivity index (χ0) is 26.7. The fraction of sp³-hybridized carbons (Fsp3) is 0.258. The Bertz CT molecular complexity index is 1360. The van der Waals surface area contributed by atoms with Gasteiger partial charge in [-0.3, -0.25) is 4.79 Å². The molecule has 4 rings (SSSR count). The summed E-state index contributed by atoms with van der Waals surface area (Å²) in [5, 5.41) is 9.01. The Balaban J connectivity index is 1.43. The van der Waals surface area contributed by atoms with Crippen molar-refractivity contribution in [3.05, 3.63) is 120 Å². The first-order valence-corrected chi connectivity index (χ1v) is 12.7. The lowest BCUT2D eigenvalue weighted by Crippen LogP contribution is -2.36. The van der Waals surface area contributed by atoms with Crippen molar-refractivity contribution >= 4 is 5.78 Å². The average Bonchev–Trinajstić information content (AvgIpc) is 3.39. The second-order valence-corrected chi connectivity index (χ2v) is 9.05. The number of carbonyl (C=O) groups is 1. The lowest BCUT2D eigenvalue weighted by molar-refractivity contribution is -0.682. The second-order valence-electron chi connectivity index (χ2n) is 9.05. The average molecular weight is 513 g/mol. The van der Waals surface area contributed by atoms with Crippen molar-refractivity contribution in [3.63, 3.8) is 0 Å². The van der Waals surface area contributed by atoms with Crippen LogP contribution in [0.25, 0.3) is 0 Å². The molecule has 0 spiro atoms. The van der Waals surface area contributed by atoms with Crippen molar-refractivity contribution in [2.75, 3.05) is 13.2 Å². The van der Waals surface area contributed by atoms with E-state index in [9.17, 15) is 9.18 Å². The van der Waals surface area contributed by atoms with Gasteiger partial charge in [0.1, 0.15) is 36.6 Å². The van der Waals surface area contributed by atoms with Crippen molar-refractivity contribution in [1.29, 1.82) is 5.26 Å². The first-order chi connectivity index (χ1) is 18.5. The van der Waals surface area contributed by atoms with Crippen molar-refractivity contribution < 1.29 is 23.2 Å². The van der Waals surface area contributed by atoms with Gasteiger partial charge in [-0.1, -0.05) is 31.2 Å². The minimum atomic E-state index is -0.365. The fourth-order valence-electron chi connectivity index (χ4n) is 4.04. The summed E-state index contributed by atoms with van der Waals surface area (Å²) in [7, 11) is 0. The molecular formula is C31H31FN3O3+. The normalized spacial score (nSPS) is 11.6. The smallest absolute Gasteiger partial charge is 0.244 e. The molecule has 4 aromatic rings. The van der Waals surface area contributed by atoms with Gasteiger partial charge in [0.2, 0.25) is 12.1 Å². The molecule has 0 aliphatic rings. The maximum absolute atomic E-state index is 13.2. The molecular weight excluding hydrogens is 481 g/mol. The van der Waals surface area contributed by atoms with Gasteiger partial charge in [-0.05, 0) is 72.5 Å². The van der Waals surface area contributed by atoms with E-state index in [2.05, 4.69) is 13.0 Å². The summed E-state index contributed by atoms with van der Waals surface area (Å²) in [6, 6.07) is 23.2. The Kier molecular flexibility index (Phi) is 9.38. The van der Waals surface area contributed by atoms with Crippen LogP contribution >= 0.6 is 0 Å². The molecule has 194 valence electrons. The number of carbonyl (C=O) groups excluding carboxylic acids is 1. The van der Waals surface area contributed by atoms with Crippen LogP contribution in [0, 0.1) is 17.1 Å². The summed E-state index contributed by atoms with van der Waals surface area (Å²) >= 11 is 0. The molecule has 0 fully saturated rings. The van der Waals surface area contributed by atoms with E-state index < -0.39 is 0 Å². The predicted octanol–water partition coefficient (Wildman–Crippen LogP) is 5.46. The molecule has 38 heavy (non-hydrogen) atoms. The highest BCUT2D eigenvalue weighted by molar-refractivity contribution is 5.94. The molecule has 0 N–H and O–H groups in total. The van der Waals surface area contributed by atoms with E-state index in [1.54, 1.807) is 4.57 Å². The third-order valence-electron chi connectivity index (χ3n) is 6.13. The molecule has 1 heterocycles. The van der Waals surface area contributed by atoms with Crippen molar-refractivity contribution in [1.82, 2.24) is 4.57 Å². The number of rotatable bonds is 13. The fourth-order valence-corrected chi connectivity index (χ4v) is 4.04. The molecule has 7 heteroatoms. The van der Waals surface area contributed by atoms with E-state index in [4.69, 9.17) is 14.7 Å². The highest BCUT2D eigenvalue weighted by Crippen LogP contribution is 2.23. The van der Waals surface area contributed by atoms with E-state index >= 15 is 0 Å². The van der Waals surface area contributed by atoms with Crippen molar-refractivity contribution in [3.8, 4) is 11.8 Å². The minimum absolute atomic E-state index is 0.0920. The number of imidazole rings is 1. The van der Waals surface area contributed by atoms with Gasteiger partial charge in [-0.2, -0.15) is 5.26 Å². The minimum Gasteiger partial charge on any atom is -0.494 e. The van der Waals surface area contributed by atoms with Gasteiger partial charge < -0.3 is 9.47 Å². The Morgan fingerprint density at radius 1 is 1.03 bits per heavy atom. The van der Waals surface area contributed by atoms with Crippen LogP contribution in [0.4, 0.5) is 4.39 Å². The molecule has 0 aliphatic heterocycles. The van der Waals surface area contributed by atoms with Crippen LogP contribution in [0.15, 0.2) is 91.5 Å². The quantitative estimate of drug-likeness (QED) is 0.176. The number of nitriles is 1. The maximum Gasteiger partial charge on any atom is 0.244 e. The zero-order valence-electron chi connectivity index (χ0n) is 21.4. The molecule has 0 amide bonds. The molecule has 1 aromatic heterocycles. The lowest BCUT2D eigenvalue weighted by Gasteiger charge is -2.17. The molecule has 6 nitrogen and oxygen atoms in total. The standard InChI is InChI=1S/C31H31FN3O3/c1-2-18-37-29-13-9-27(10-14-29)31(38-19-15-24-3-5-25(20-33)6-4-24)22-35-17-16-34(23-35)21-30(36)26-7-11-28(32)12-8-26/h3-14,16-17,23,31H,2,15,18-19,21-22H2,1H3/q+1. The van der Waals surface area contributed by atoms with Gasteiger partial charge in [-0.15, -0.1) is 0 Å². The Morgan fingerprint density at radius 3 is 2.45 bits per heavy atom. The summed E-state index contributed by atoms with van der Waals surface area (Å²) in [5.74, 6) is 0.367. The molecule has 0 radical (unpaired) electrons. The first-order valence-electron chi connectivity index (χ1n) is 12.7. The number of Topliss-reactive ketones (excluding diaryl/α,β-unsaturated/α-hetero) is 1. The Labute approximate surface area is 222 Å². The number of ether oxygens (including phenoxy) is 2. The first kappa shape index (κ1) is 26.8. The van der Waals surface area contributed by atoms with Crippen LogP contribution in [0.3, 0.4) is 0 Å². The number of aromatic nitrogens is 2. The zero-order valence-corrected chi connectivity index (χ0v) is 21.4. The number of nitrogens with zero attached hydrogens (tertiary/aromatic N) is 3. The number of ketones is 1. The largest absolute Gasteiger partial charge is 0.494 e. The molecule has 1 unspecified atom stereocenters. The highest BCUT2D eigenvalue weighted by atomic mass is 19.1. The van der Waals surface area contributed by atoms with Crippen molar-refractivity contribution in [2.45, 2.75) is 39.0 Å². The SMILES string of the molecule is CCCOc1ccc(C(Cn2cc[n+](CC(=O)c3ccc(F)cc3)c2)OCCc2ccc(C#N)cc2)cc1. The van der Waals surface area contributed by atoms with E-state index in [1.165, 1.54) is 24.3 Å². The third-order valence-corrected chi connectivity index (χ3v) is 6.13. The van der Waals surface area contributed by atoms with Crippen LogP contribution in [0.5, 0.6) is 5.75 Å². The molecule has 3 aromatic carbocycles. The van der Waals surface area contributed by atoms with E-state index in [1.807, 2.05) is 71.8 Å². The molecule has 0 bridgehead atoms. The summed E-state index contributed by atoms with van der Waals surface area (Å²) in [5.41, 5.74) is 3.23. The topological polar surface area (TPSA) is 68.1 Å². The van der Waals surface area contributed by atoms with Crippen LogP contribution < -0.4 is 9.30 Å². The van der Waals surface area contributed by atoms with Crippen LogP contribution in [0.2, 0.25) is 0 Å². The van der Waals surface area contributed by atoms with Gasteiger partial charge >= 0.3 is 0 Å². The second kappa shape index (κ2) is 13.3. The maximum atomic E-state index is 13.2. The van der Waals surface area contributed by atoms with Crippen LogP contribution in [-0.2, 0) is 24.2 Å². The molecule has 0 aliphatic carbocycles. The number of benzene rings is 3. The number of hydrogen-bond donors (Lipinski definition) is 0. The Morgan fingerprint density at radius 2 is 1.76 bits per heavy atom. The number of halogens is 1. The van der Waals surface area contributed by atoms with Gasteiger partial charge in [0, 0.05) is 5.56 Å². The molecule has 0 saturated carbocycles. The van der Waals surface area contributed by atoms with E-state index in [-0.39, 0.29) is 24.2 Å². The van der Waals surface area contributed by atoms with Crippen LogP contribution in [0.1, 0.15) is 46.5 Å². The van der Waals surface area contributed by atoms with Gasteiger partial charge in [0.15, 0.2) is 6.54 Å². The Hall–Kier alpha value is -4.28. The highest BCUT2D eigenvalue weighted by Gasteiger charge is 2.18. The third kappa shape index (κ3) is 7.61. The number of hydrogen-bond acceptors (Lipinski definition) is 4. The van der Waals surface area contributed by atoms with Gasteiger partial charge in [0.25, 0.3) is 0 Å². The molecule has 0 saturated heterocycles. The predicted molar refractivity (Wildman–Crippen MR) is 141 cm³/mol. The summed E-state index contributed by atoms with van der Waals surface area (Å²) in [6.07, 6.45) is 7.07. The summed E-state index contributed by atoms with van der Waals surface area (Å²) < 4.78 is 29.1.